The van der Waals surface area contributed by atoms with E-state index in [-0.39, 0.29) is 0 Å². The fourth-order valence-corrected chi connectivity index (χ4v) is 3.56. The Bertz CT molecular complexity index is 653. The number of carboxylic acids is 1. The van der Waals surface area contributed by atoms with Gasteiger partial charge in [0.15, 0.2) is 0 Å². The van der Waals surface area contributed by atoms with Crippen LogP contribution in [0.15, 0.2) is 29.6 Å². The van der Waals surface area contributed by atoms with Crippen LogP contribution < -0.4 is 0 Å². The molecule has 0 saturated heterocycles. The number of benzene rings is 1. The van der Waals surface area contributed by atoms with Gasteiger partial charge in [0.25, 0.3) is 0 Å². The van der Waals surface area contributed by atoms with Gasteiger partial charge in [-0.3, -0.25) is 9.69 Å². The first-order valence-electron chi connectivity index (χ1n) is 7.13. The molecule has 110 valence electrons. The zero-order chi connectivity index (χ0) is 14.8. The molecule has 1 atom stereocenters. The fourth-order valence-electron chi connectivity index (χ4n) is 2.82. The maximum Gasteiger partial charge on any atom is 0.312 e. The van der Waals surface area contributed by atoms with Gasteiger partial charge in [0.05, 0.1) is 16.6 Å². The minimum Gasteiger partial charge on any atom is -0.481 e. The molecule has 0 radical (unpaired) electrons. The largest absolute Gasteiger partial charge is 0.481 e. The molecule has 1 aliphatic heterocycles. The minimum absolute atomic E-state index is 0.445. The molecule has 2 aromatic rings. The lowest BCUT2D eigenvalue weighted by molar-refractivity contribution is -0.139. The van der Waals surface area contributed by atoms with Gasteiger partial charge in [-0.1, -0.05) is 31.2 Å². The molecule has 1 unspecified atom stereocenters. The highest BCUT2D eigenvalue weighted by Gasteiger charge is 2.30. The third-order valence-corrected chi connectivity index (χ3v) is 4.89. The molecule has 1 aromatic heterocycles. The van der Waals surface area contributed by atoms with Crippen LogP contribution in [0.25, 0.3) is 0 Å². The average Bonchev–Trinajstić information content (AvgIpc) is 2.94. The second kappa shape index (κ2) is 5.95. The number of carbonyl (C=O) groups is 1. The lowest BCUT2D eigenvalue weighted by Crippen LogP contribution is -2.36. The van der Waals surface area contributed by atoms with Gasteiger partial charge in [0, 0.05) is 25.0 Å². The first-order valence-corrected chi connectivity index (χ1v) is 8.01. The summed E-state index contributed by atoms with van der Waals surface area (Å²) in [7, 11) is 0. The van der Waals surface area contributed by atoms with Crippen molar-refractivity contribution in [1.29, 1.82) is 0 Å². The summed E-state index contributed by atoms with van der Waals surface area (Å²) in [6.45, 7) is 4.15. The Hall–Kier alpha value is -1.72. The highest BCUT2D eigenvalue weighted by Crippen LogP contribution is 2.29. The van der Waals surface area contributed by atoms with E-state index in [9.17, 15) is 9.90 Å². The van der Waals surface area contributed by atoms with Crippen LogP contribution in [0.3, 0.4) is 0 Å². The van der Waals surface area contributed by atoms with Crippen molar-refractivity contribution in [3.05, 3.63) is 51.5 Å². The third kappa shape index (κ3) is 2.99. The van der Waals surface area contributed by atoms with Crippen LogP contribution in [0.5, 0.6) is 0 Å². The van der Waals surface area contributed by atoms with Gasteiger partial charge in [-0.25, -0.2) is 4.98 Å². The van der Waals surface area contributed by atoms with Crippen molar-refractivity contribution in [1.82, 2.24) is 9.88 Å². The molecule has 0 bridgehead atoms. The molecular weight excluding hydrogens is 284 g/mol. The Kier molecular flexibility index (Phi) is 4.03. The standard InChI is InChI=1S/C16H18N2O2S/c1-2-15-17-12(10-21-15)8-18-7-11-5-3-4-6-13(11)14(9-18)16(19)20/h3-6,10,14H,2,7-9H2,1H3,(H,19,20). The van der Waals surface area contributed by atoms with Crippen LogP contribution in [-0.2, 0) is 24.3 Å². The topological polar surface area (TPSA) is 53.4 Å². The number of hydrogen-bond acceptors (Lipinski definition) is 4. The summed E-state index contributed by atoms with van der Waals surface area (Å²) in [6.07, 6.45) is 0.950. The monoisotopic (exact) mass is 302 g/mol. The summed E-state index contributed by atoms with van der Waals surface area (Å²) >= 11 is 1.68. The van der Waals surface area contributed by atoms with Crippen LogP contribution >= 0.6 is 11.3 Å². The molecule has 0 fully saturated rings. The van der Waals surface area contributed by atoms with Gasteiger partial charge in [0.1, 0.15) is 0 Å². The van der Waals surface area contributed by atoms with E-state index in [2.05, 4.69) is 22.2 Å². The Labute approximate surface area is 128 Å². The maximum absolute atomic E-state index is 11.5. The second-order valence-electron chi connectivity index (χ2n) is 5.35. The van der Waals surface area contributed by atoms with Crippen molar-refractivity contribution in [2.75, 3.05) is 6.54 Å². The zero-order valence-corrected chi connectivity index (χ0v) is 12.8. The Morgan fingerprint density at radius 3 is 3.00 bits per heavy atom. The molecule has 5 heteroatoms. The molecule has 0 amide bonds. The van der Waals surface area contributed by atoms with E-state index in [1.165, 1.54) is 0 Å². The summed E-state index contributed by atoms with van der Waals surface area (Å²) in [5.74, 6) is -1.20. The summed E-state index contributed by atoms with van der Waals surface area (Å²) < 4.78 is 0. The first-order chi connectivity index (χ1) is 10.2. The summed E-state index contributed by atoms with van der Waals surface area (Å²) in [5, 5.41) is 12.7. The molecule has 1 aliphatic rings. The van der Waals surface area contributed by atoms with Crippen molar-refractivity contribution >= 4 is 17.3 Å². The van der Waals surface area contributed by atoms with Crippen molar-refractivity contribution in [3.63, 3.8) is 0 Å². The molecule has 4 nitrogen and oxygen atoms in total. The van der Waals surface area contributed by atoms with Crippen LogP contribution in [0, 0.1) is 0 Å². The predicted octanol–water partition coefficient (Wildman–Crippen LogP) is 2.89. The third-order valence-electron chi connectivity index (χ3n) is 3.85. The van der Waals surface area contributed by atoms with Crippen LogP contribution in [0.2, 0.25) is 0 Å². The number of thiazole rings is 1. The zero-order valence-electron chi connectivity index (χ0n) is 12.0. The number of aryl methyl sites for hydroxylation is 1. The van der Waals surface area contributed by atoms with E-state index >= 15 is 0 Å². The number of carboxylic acid groups (broad SMARTS) is 1. The van der Waals surface area contributed by atoms with Gasteiger partial charge in [0.2, 0.25) is 0 Å². The number of rotatable bonds is 4. The molecule has 0 spiro atoms. The number of aromatic nitrogens is 1. The summed E-state index contributed by atoms with van der Waals surface area (Å²) in [5.41, 5.74) is 3.11. The van der Waals surface area contributed by atoms with E-state index in [1.807, 2.05) is 24.3 Å². The Morgan fingerprint density at radius 1 is 1.48 bits per heavy atom. The van der Waals surface area contributed by atoms with Crippen LogP contribution in [-0.4, -0.2) is 27.5 Å². The highest BCUT2D eigenvalue weighted by molar-refractivity contribution is 7.09. The van der Waals surface area contributed by atoms with Crippen LogP contribution in [0.4, 0.5) is 0 Å². The van der Waals surface area contributed by atoms with E-state index in [0.29, 0.717) is 13.1 Å². The molecule has 1 aromatic carbocycles. The lowest BCUT2D eigenvalue weighted by Gasteiger charge is -2.32. The van der Waals surface area contributed by atoms with Crippen LogP contribution in [0.1, 0.15) is 34.7 Å². The SMILES string of the molecule is CCc1nc(CN2Cc3ccccc3C(C(=O)O)C2)cs1. The number of hydrogen-bond donors (Lipinski definition) is 1. The molecule has 21 heavy (non-hydrogen) atoms. The normalized spacial score (nSPS) is 18.4. The van der Waals surface area contributed by atoms with E-state index in [4.69, 9.17) is 0 Å². The van der Waals surface area contributed by atoms with Gasteiger partial charge >= 0.3 is 5.97 Å². The van der Waals surface area contributed by atoms with Crippen molar-refractivity contribution < 1.29 is 9.90 Å². The lowest BCUT2D eigenvalue weighted by atomic mass is 9.90. The number of aliphatic carboxylic acids is 1. The quantitative estimate of drug-likeness (QED) is 0.943. The van der Waals surface area contributed by atoms with Gasteiger partial charge in [-0.15, -0.1) is 11.3 Å². The smallest absolute Gasteiger partial charge is 0.312 e. The molecule has 0 saturated carbocycles. The second-order valence-corrected chi connectivity index (χ2v) is 6.29. The minimum atomic E-state index is -0.750. The fraction of sp³-hybridized carbons (Fsp3) is 0.375. The van der Waals surface area contributed by atoms with Crippen molar-refractivity contribution in [3.8, 4) is 0 Å². The number of fused-ring (bicyclic) bond motifs is 1. The predicted molar refractivity (Wildman–Crippen MR) is 82.4 cm³/mol. The first kappa shape index (κ1) is 14.2. The van der Waals surface area contributed by atoms with Gasteiger partial charge in [-0.2, -0.15) is 0 Å². The van der Waals surface area contributed by atoms with E-state index in [1.54, 1.807) is 11.3 Å². The Balaban J connectivity index is 1.81. The average molecular weight is 302 g/mol. The highest BCUT2D eigenvalue weighted by atomic mass is 32.1. The summed E-state index contributed by atoms with van der Waals surface area (Å²) in [6, 6.07) is 7.84. The van der Waals surface area contributed by atoms with Crippen molar-refractivity contribution in [2.24, 2.45) is 0 Å². The molecule has 3 rings (SSSR count). The van der Waals surface area contributed by atoms with Gasteiger partial charge < -0.3 is 5.11 Å². The molecule has 1 N–H and O–H groups in total. The molecule has 2 heterocycles. The van der Waals surface area contributed by atoms with Gasteiger partial charge in [-0.05, 0) is 17.5 Å². The van der Waals surface area contributed by atoms with Crippen molar-refractivity contribution in [2.45, 2.75) is 32.4 Å². The number of nitrogens with zero attached hydrogens (tertiary/aromatic N) is 2. The van der Waals surface area contributed by atoms with E-state index in [0.717, 1.165) is 34.8 Å². The maximum atomic E-state index is 11.5. The van der Waals surface area contributed by atoms with E-state index < -0.39 is 11.9 Å². The molecule has 0 aliphatic carbocycles. The Morgan fingerprint density at radius 2 is 2.29 bits per heavy atom. The summed E-state index contributed by atoms with van der Waals surface area (Å²) in [4.78, 5) is 18.3. The molecular formula is C16H18N2O2S.